The van der Waals surface area contributed by atoms with Gasteiger partial charge in [0.05, 0.1) is 5.69 Å². The molecule has 0 aliphatic rings. The first-order valence-electron chi connectivity index (χ1n) is 4.65. The second-order valence-corrected chi connectivity index (χ2v) is 2.26. The van der Waals surface area contributed by atoms with Gasteiger partial charge in [-0.2, -0.15) is 0 Å². The van der Waals surface area contributed by atoms with Crippen LogP contribution in [-0.4, -0.2) is 9.97 Å². The monoisotopic (exact) mass is 191 g/mol. The van der Waals surface area contributed by atoms with Gasteiger partial charge in [0.15, 0.2) is 0 Å². The normalized spacial score (nSPS) is 9.36. The molecule has 0 amide bonds. The predicted octanol–water partition coefficient (Wildman–Crippen LogP) is 2.76. The zero-order valence-electron chi connectivity index (χ0n) is 8.99. The molecular weight excluding hydrogens is 174 g/mol. The van der Waals surface area contributed by atoms with Gasteiger partial charge in [-0.05, 0) is 13.0 Å². The number of hydrogen-bond donors (Lipinski definition) is 1. The Labute approximate surface area is 85.4 Å². The third kappa shape index (κ3) is 3.01. The van der Waals surface area contributed by atoms with Crippen molar-refractivity contribution in [2.24, 2.45) is 0 Å². The molecule has 14 heavy (non-hydrogen) atoms. The van der Waals surface area contributed by atoms with Crippen molar-refractivity contribution in [1.82, 2.24) is 9.97 Å². The van der Waals surface area contributed by atoms with E-state index in [0.717, 1.165) is 11.3 Å². The summed E-state index contributed by atoms with van der Waals surface area (Å²) >= 11 is 0. The van der Waals surface area contributed by atoms with Crippen molar-refractivity contribution in [3.8, 4) is 0 Å². The molecule has 0 spiro atoms. The molecule has 0 fully saturated rings. The van der Waals surface area contributed by atoms with E-state index in [1.165, 1.54) is 6.33 Å². The van der Waals surface area contributed by atoms with E-state index in [9.17, 15) is 0 Å². The minimum Gasteiger partial charge on any atom is -0.383 e. The third-order valence-corrected chi connectivity index (χ3v) is 1.47. The van der Waals surface area contributed by atoms with Crippen LogP contribution < -0.4 is 5.73 Å². The standard InChI is InChI=1S/C9H11N3.C2H6/c1-3-5-7-8(4-2)11-6-12-9(7)10;1-2/h3-6H,2H2,1H3,(H2,10,11,12);1-2H3/b5-3-;. The number of nitrogens with zero attached hydrogens (tertiary/aromatic N) is 2. The molecule has 0 saturated heterocycles. The summed E-state index contributed by atoms with van der Waals surface area (Å²) in [6, 6.07) is 0. The van der Waals surface area contributed by atoms with Crippen LogP contribution in [0.1, 0.15) is 32.0 Å². The molecule has 1 heterocycles. The SMILES string of the molecule is C=Cc1ncnc(N)c1/C=C\C.CC. The van der Waals surface area contributed by atoms with Crippen LogP contribution in [0.15, 0.2) is 19.0 Å². The van der Waals surface area contributed by atoms with Crippen LogP contribution in [0.3, 0.4) is 0 Å². The molecule has 0 aliphatic carbocycles. The highest BCUT2D eigenvalue weighted by Crippen LogP contribution is 2.14. The molecule has 0 aromatic carbocycles. The molecular formula is C11H17N3. The van der Waals surface area contributed by atoms with Gasteiger partial charge in [0, 0.05) is 5.56 Å². The summed E-state index contributed by atoms with van der Waals surface area (Å²) < 4.78 is 0. The maximum absolute atomic E-state index is 5.63. The van der Waals surface area contributed by atoms with Gasteiger partial charge in [0.1, 0.15) is 12.1 Å². The molecule has 3 heteroatoms. The molecule has 3 nitrogen and oxygen atoms in total. The molecule has 76 valence electrons. The van der Waals surface area contributed by atoms with Crippen molar-refractivity contribution in [2.75, 3.05) is 5.73 Å². The number of nitrogen functional groups attached to an aromatic ring is 1. The van der Waals surface area contributed by atoms with Crippen molar-refractivity contribution in [3.05, 3.63) is 30.2 Å². The number of allylic oxidation sites excluding steroid dienone is 1. The third-order valence-electron chi connectivity index (χ3n) is 1.47. The summed E-state index contributed by atoms with van der Waals surface area (Å²) in [5.74, 6) is 0.484. The predicted molar refractivity (Wildman–Crippen MR) is 62.6 cm³/mol. The van der Waals surface area contributed by atoms with Crippen LogP contribution in [0.2, 0.25) is 0 Å². The Hall–Kier alpha value is -1.64. The zero-order valence-corrected chi connectivity index (χ0v) is 8.99. The molecule has 1 aromatic rings. The Balaban J connectivity index is 0.000000791. The van der Waals surface area contributed by atoms with Gasteiger partial charge in [-0.1, -0.05) is 32.6 Å². The lowest BCUT2D eigenvalue weighted by atomic mass is 10.2. The molecule has 0 bridgehead atoms. The Bertz CT molecular complexity index is 316. The lowest BCUT2D eigenvalue weighted by Crippen LogP contribution is -1.97. The summed E-state index contributed by atoms with van der Waals surface area (Å²) in [6.45, 7) is 9.55. The average Bonchev–Trinajstić information content (AvgIpc) is 2.24. The first-order chi connectivity index (χ1) is 6.79. The van der Waals surface area contributed by atoms with Crippen LogP contribution in [0.4, 0.5) is 5.82 Å². The Morgan fingerprint density at radius 3 is 2.50 bits per heavy atom. The highest BCUT2D eigenvalue weighted by atomic mass is 14.9. The first kappa shape index (κ1) is 12.4. The maximum Gasteiger partial charge on any atom is 0.134 e. The van der Waals surface area contributed by atoms with E-state index in [-0.39, 0.29) is 0 Å². The largest absolute Gasteiger partial charge is 0.383 e. The summed E-state index contributed by atoms with van der Waals surface area (Å²) in [7, 11) is 0. The van der Waals surface area contributed by atoms with E-state index < -0.39 is 0 Å². The van der Waals surface area contributed by atoms with Gasteiger partial charge in [0.2, 0.25) is 0 Å². The van der Waals surface area contributed by atoms with Gasteiger partial charge in [-0.3, -0.25) is 0 Å². The van der Waals surface area contributed by atoms with Crippen LogP contribution in [0, 0.1) is 0 Å². The van der Waals surface area contributed by atoms with Crippen LogP contribution in [0.25, 0.3) is 12.2 Å². The van der Waals surface area contributed by atoms with Crippen LogP contribution in [0.5, 0.6) is 0 Å². The fourth-order valence-corrected chi connectivity index (χ4v) is 0.924. The minimum atomic E-state index is 0.484. The number of aromatic nitrogens is 2. The Morgan fingerprint density at radius 2 is 2.00 bits per heavy atom. The van der Waals surface area contributed by atoms with E-state index in [0.29, 0.717) is 5.82 Å². The van der Waals surface area contributed by atoms with Crippen molar-refractivity contribution in [1.29, 1.82) is 0 Å². The molecule has 1 aromatic heterocycles. The topological polar surface area (TPSA) is 51.8 Å². The Morgan fingerprint density at radius 1 is 1.36 bits per heavy atom. The molecule has 2 N–H and O–H groups in total. The fourth-order valence-electron chi connectivity index (χ4n) is 0.924. The smallest absolute Gasteiger partial charge is 0.134 e. The second kappa shape index (κ2) is 6.83. The molecule has 0 atom stereocenters. The summed E-state index contributed by atoms with van der Waals surface area (Å²) in [5.41, 5.74) is 7.23. The maximum atomic E-state index is 5.63. The second-order valence-electron chi connectivity index (χ2n) is 2.26. The van der Waals surface area contributed by atoms with Crippen LogP contribution in [-0.2, 0) is 0 Å². The highest BCUT2D eigenvalue weighted by molar-refractivity contribution is 5.69. The van der Waals surface area contributed by atoms with Gasteiger partial charge in [-0.25, -0.2) is 9.97 Å². The molecule has 0 unspecified atom stereocenters. The number of rotatable bonds is 2. The Kier molecular flexibility index (Phi) is 6.03. The number of hydrogen-bond acceptors (Lipinski definition) is 3. The number of nitrogens with two attached hydrogens (primary N) is 1. The van der Waals surface area contributed by atoms with E-state index >= 15 is 0 Å². The van der Waals surface area contributed by atoms with Gasteiger partial charge >= 0.3 is 0 Å². The summed E-state index contributed by atoms with van der Waals surface area (Å²) in [4.78, 5) is 7.89. The molecule has 0 saturated carbocycles. The fraction of sp³-hybridized carbons (Fsp3) is 0.273. The van der Waals surface area contributed by atoms with Gasteiger partial charge < -0.3 is 5.73 Å². The van der Waals surface area contributed by atoms with Crippen molar-refractivity contribution >= 4 is 18.0 Å². The van der Waals surface area contributed by atoms with Crippen molar-refractivity contribution in [2.45, 2.75) is 20.8 Å². The average molecular weight is 191 g/mol. The van der Waals surface area contributed by atoms with E-state index in [1.807, 2.05) is 32.9 Å². The zero-order chi connectivity index (χ0) is 11.0. The summed E-state index contributed by atoms with van der Waals surface area (Å²) in [5, 5.41) is 0. The van der Waals surface area contributed by atoms with E-state index in [1.54, 1.807) is 6.08 Å². The lowest BCUT2D eigenvalue weighted by molar-refractivity contribution is 1.15. The summed E-state index contributed by atoms with van der Waals surface area (Å²) in [6.07, 6.45) is 6.85. The minimum absolute atomic E-state index is 0.484. The van der Waals surface area contributed by atoms with E-state index in [2.05, 4.69) is 16.5 Å². The van der Waals surface area contributed by atoms with Crippen molar-refractivity contribution < 1.29 is 0 Å². The quantitative estimate of drug-likeness (QED) is 0.782. The van der Waals surface area contributed by atoms with Gasteiger partial charge in [-0.15, -0.1) is 0 Å². The molecule has 0 aliphatic heterocycles. The molecule has 0 radical (unpaired) electrons. The lowest BCUT2D eigenvalue weighted by Gasteiger charge is -2.01. The van der Waals surface area contributed by atoms with Crippen molar-refractivity contribution in [3.63, 3.8) is 0 Å². The number of anilines is 1. The van der Waals surface area contributed by atoms with Crippen LogP contribution >= 0.6 is 0 Å². The molecule has 1 rings (SSSR count). The van der Waals surface area contributed by atoms with E-state index in [4.69, 9.17) is 5.73 Å². The highest BCUT2D eigenvalue weighted by Gasteiger charge is 2.00. The first-order valence-corrected chi connectivity index (χ1v) is 4.65. The van der Waals surface area contributed by atoms with Gasteiger partial charge in [0.25, 0.3) is 0 Å².